The third kappa shape index (κ3) is 3.20. The number of carbonyl (C=O) groups is 2. The summed E-state index contributed by atoms with van der Waals surface area (Å²) in [5.41, 5.74) is 0. The molecule has 0 atom stereocenters. The van der Waals surface area contributed by atoms with Gasteiger partial charge < -0.3 is 9.47 Å². The zero-order valence-electron chi connectivity index (χ0n) is 6.94. The molecule has 0 fully saturated rings. The molecule has 1 N–H and O–H groups in total. The SMILES string of the molecule is CCOC(=O)N(O)C(=O)OCC. The fraction of sp³-hybridized carbons (Fsp3) is 0.667. The number of nitrogens with zero attached hydrogens (tertiary/aromatic N) is 1. The first-order valence-electron chi connectivity index (χ1n) is 3.46. The van der Waals surface area contributed by atoms with Crippen LogP contribution in [-0.2, 0) is 9.47 Å². The van der Waals surface area contributed by atoms with Crippen molar-refractivity contribution in [2.45, 2.75) is 13.8 Å². The van der Waals surface area contributed by atoms with Crippen molar-refractivity contribution in [3.8, 4) is 0 Å². The van der Waals surface area contributed by atoms with Crippen LogP contribution in [0.5, 0.6) is 0 Å². The lowest BCUT2D eigenvalue weighted by Crippen LogP contribution is -2.34. The number of ether oxygens (including phenoxy) is 2. The lowest BCUT2D eigenvalue weighted by atomic mass is 10.8. The highest BCUT2D eigenvalue weighted by atomic mass is 16.7. The summed E-state index contributed by atoms with van der Waals surface area (Å²) in [6.07, 6.45) is -2.29. The molecule has 12 heavy (non-hydrogen) atoms. The first kappa shape index (κ1) is 10.7. The molecule has 70 valence electrons. The number of hydroxylamine groups is 2. The Morgan fingerprint density at radius 2 is 1.50 bits per heavy atom. The van der Waals surface area contributed by atoms with Crippen molar-refractivity contribution in [1.82, 2.24) is 5.06 Å². The van der Waals surface area contributed by atoms with Crippen molar-refractivity contribution >= 4 is 12.2 Å². The van der Waals surface area contributed by atoms with E-state index in [1.54, 1.807) is 13.8 Å². The van der Waals surface area contributed by atoms with E-state index in [1.165, 1.54) is 0 Å². The predicted molar refractivity (Wildman–Crippen MR) is 37.7 cm³/mol. The minimum Gasteiger partial charge on any atom is -0.448 e. The molecule has 0 heterocycles. The molecule has 6 nitrogen and oxygen atoms in total. The first-order valence-corrected chi connectivity index (χ1v) is 3.46. The monoisotopic (exact) mass is 177 g/mol. The van der Waals surface area contributed by atoms with Gasteiger partial charge in [0.05, 0.1) is 13.2 Å². The Morgan fingerprint density at radius 1 is 1.17 bits per heavy atom. The second kappa shape index (κ2) is 5.36. The molecule has 0 aliphatic carbocycles. The van der Waals surface area contributed by atoms with Crippen LogP contribution in [0.4, 0.5) is 9.59 Å². The molecule has 0 unspecified atom stereocenters. The molecule has 0 spiro atoms. The highest BCUT2D eigenvalue weighted by Crippen LogP contribution is 1.93. The van der Waals surface area contributed by atoms with Gasteiger partial charge in [-0.3, -0.25) is 5.21 Å². The van der Waals surface area contributed by atoms with Crippen molar-refractivity contribution in [3.05, 3.63) is 0 Å². The van der Waals surface area contributed by atoms with Crippen molar-refractivity contribution in [3.63, 3.8) is 0 Å². The van der Waals surface area contributed by atoms with E-state index in [0.29, 0.717) is 0 Å². The van der Waals surface area contributed by atoms with Crippen LogP contribution in [0.15, 0.2) is 0 Å². The van der Waals surface area contributed by atoms with Gasteiger partial charge in [0, 0.05) is 0 Å². The molecule has 0 aliphatic heterocycles. The second-order valence-electron chi connectivity index (χ2n) is 1.71. The van der Waals surface area contributed by atoms with E-state index in [-0.39, 0.29) is 18.3 Å². The Bertz CT molecular complexity index is 151. The van der Waals surface area contributed by atoms with Crippen molar-refractivity contribution in [2.75, 3.05) is 13.2 Å². The molecule has 0 saturated heterocycles. The average molecular weight is 177 g/mol. The number of carbonyl (C=O) groups excluding carboxylic acids is 2. The average Bonchev–Trinajstić information content (AvgIpc) is 2.04. The lowest BCUT2D eigenvalue weighted by molar-refractivity contribution is -0.0605. The van der Waals surface area contributed by atoms with Gasteiger partial charge in [0.2, 0.25) is 0 Å². The zero-order valence-corrected chi connectivity index (χ0v) is 6.94. The van der Waals surface area contributed by atoms with Crippen LogP contribution in [0.3, 0.4) is 0 Å². The van der Waals surface area contributed by atoms with Gasteiger partial charge in [-0.2, -0.15) is 0 Å². The van der Waals surface area contributed by atoms with Gasteiger partial charge in [-0.1, -0.05) is 5.06 Å². The Balaban J connectivity index is 3.91. The summed E-state index contributed by atoms with van der Waals surface area (Å²) >= 11 is 0. The molecule has 0 aromatic heterocycles. The highest BCUT2D eigenvalue weighted by Gasteiger charge is 2.21. The van der Waals surface area contributed by atoms with Gasteiger partial charge in [0.1, 0.15) is 0 Å². The Morgan fingerprint density at radius 3 is 1.75 bits per heavy atom. The van der Waals surface area contributed by atoms with Crippen LogP contribution in [0, 0.1) is 0 Å². The van der Waals surface area contributed by atoms with E-state index < -0.39 is 12.2 Å². The summed E-state index contributed by atoms with van der Waals surface area (Å²) in [6.45, 7) is 3.26. The number of amides is 2. The van der Waals surface area contributed by atoms with Gasteiger partial charge in [-0.25, -0.2) is 9.59 Å². The maximum atomic E-state index is 10.6. The van der Waals surface area contributed by atoms with E-state index >= 15 is 0 Å². The van der Waals surface area contributed by atoms with Gasteiger partial charge in [0.15, 0.2) is 0 Å². The van der Waals surface area contributed by atoms with E-state index in [1.807, 2.05) is 0 Å². The van der Waals surface area contributed by atoms with Crippen LogP contribution in [0.2, 0.25) is 0 Å². The molecule has 0 radical (unpaired) electrons. The van der Waals surface area contributed by atoms with Crippen LogP contribution in [0.1, 0.15) is 13.8 Å². The summed E-state index contributed by atoms with van der Waals surface area (Å²) in [6, 6.07) is 0. The minimum atomic E-state index is -1.14. The van der Waals surface area contributed by atoms with Crippen molar-refractivity contribution in [2.24, 2.45) is 0 Å². The maximum Gasteiger partial charge on any atom is 0.444 e. The predicted octanol–water partition coefficient (Wildman–Crippen LogP) is 0.991. The molecule has 0 saturated carbocycles. The van der Waals surface area contributed by atoms with Crippen molar-refractivity contribution < 1.29 is 24.3 Å². The summed E-state index contributed by atoms with van der Waals surface area (Å²) in [5, 5.41) is 8.52. The molecular weight excluding hydrogens is 166 g/mol. The van der Waals surface area contributed by atoms with Crippen LogP contribution in [-0.4, -0.2) is 35.7 Å². The third-order valence-corrected chi connectivity index (χ3v) is 0.881. The maximum absolute atomic E-state index is 10.6. The molecule has 0 bridgehead atoms. The summed E-state index contributed by atoms with van der Waals surface area (Å²) in [4.78, 5) is 21.2. The fourth-order valence-electron chi connectivity index (χ4n) is 0.444. The Labute approximate surface area is 69.6 Å². The second-order valence-corrected chi connectivity index (χ2v) is 1.71. The number of hydrogen-bond acceptors (Lipinski definition) is 5. The summed E-state index contributed by atoms with van der Waals surface area (Å²) in [7, 11) is 0. The largest absolute Gasteiger partial charge is 0.448 e. The molecule has 0 aliphatic rings. The molecule has 0 aromatic rings. The van der Waals surface area contributed by atoms with E-state index in [4.69, 9.17) is 5.21 Å². The van der Waals surface area contributed by atoms with Crippen LogP contribution >= 0.6 is 0 Å². The molecule has 0 rings (SSSR count). The Kier molecular flexibility index (Phi) is 4.78. The van der Waals surface area contributed by atoms with E-state index in [2.05, 4.69) is 9.47 Å². The number of hydrogen-bond donors (Lipinski definition) is 1. The number of imide groups is 1. The quantitative estimate of drug-likeness (QED) is 0.502. The Hall–Kier alpha value is -1.30. The molecule has 2 amide bonds. The first-order chi connectivity index (χ1) is 5.63. The molecule has 0 aromatic carbocycles. The topological polar surface area (TPSA) is 76.1 Å². The van der Waals surface area contributed by atoms with Crippen LogP contribution in [0.25, 0.3) is 0 Å². The number of rotatable bonds is 2. The summed E-state index contributed by atoms with van der Waals surface area (Å²) < 4.78 is 8.61. The third-order valence-electron chi connectivity index (χ3n) is 0.881. The van der Waals surface area contributed by atoms with Gasteiger partial charge >= 0.3 is 12.2 Å². The standard InChI is InChI=1S/C6H11NO5/c1-3-11-5(8)7(10)6(9)12-4-2/h10H,3-4H2,1-2H3. The minimum absolute atomic E-state index is 0.0787. The lowest BCUT2D eigenvalue weighted by Gasteiger charge is -2.10. The van der Waals surface area contributed by atoms with Crippen LogP contribution < -0.4 is 0 Å². The fourth-order valence-corrected chi connectivity index (χ4v) is 0.444. The molecular formula is C6H11NO5. The summed E-state index contributed by atoms with van der Waals surface area (Å²) in [5.74, 6) is 0. The van der Waals surface area contributed by atoms with E-state index in [9.17, 15) is 9.59 Å². The highest BCUT2D eigenvalue weighted by molar-refractivity contribution is 5.85. The molecule has 6 heteroatoms. The van der Waals surface area contributed by atoms with Crippen molar-refractivity contribution in [1.29, 1.82) is 0 Å². The smallest absolute Gasteiger partial charge is 0.444 e. The van der Waals surface area contributed by atoms with E-state index in [0.717, 1.165) is 0 Å². The van der Waals surface area contributed by atoms with Gasteiger partial charge in [-0.15, -0.1) is 0 Å². The zero-order chi connectivity index (χ0) is 9.56. The van der Waals surface area contributed by atoms with Gasteiger partial charge in [0.25, 0.3) is 0 Å². The van der Waals surface area contributed by atoms with Gasteiger partial charge in [-0.05, 0) is 13.8 Å². The normalized spacial score (nSPS) is 8.92.